The van der Waals surface area contributed by atoms with Crippen LogP contribution in [0.5, 0.6) is 0 Å². The molecule has 4 nitrogen and oxygen atoms in total. The van der Waals surface area contributed by atoms with E-state index in [0.717, 1.165) is 5.56 Å². The highest BCUT2D eigenvalue weighted by atomic mass is 19.3. The zero-order chi connectivity index (χ0) is 13.7. The van der Waals surface area contributed by atoms with Crippen molar-refractivity contribution in [2.75, 3.05) is 6.61 Å². The highest BCUT2D eigenvalue weighted by Gasteiger charge is 2.17. The fourth-order valence-corrected chi connectivity index (χ4v) is 1.21. The Hall–Kier alpha value is -1.79. The Morgan fingerprint density at radius 1 is 1.50 bits per heavy atom. The molecule has 0 bridgehead atoms. The molecule has 100 valence electrons. The van der Waals surface area contributed by atoms with Crippen LogP contribution in [0.4, 0.5) is 13.2 Å². The molecule has 1 unspecified atom stereocenters. The van der Waals surface area contributed by atoms with Gasteiger partial charge >= 0.3 is 12.0 Å². The number of esters is 1. The molecule has 0 spiro atoms. The van der Waals surface area contributed by atoms with E-state index >= 15 is 0 Å². The van der Waals surface area contributed by atoms with Crippen LogP contribution in [-0.2, 0) is 9.53 Å². The van der Waals surface area contributed by atoms with E-state index in [4.69, 9.17) is 0 Å². The largest absolute Gasteiger partial charge is 0.464 e. The second kappa shape index (κ2) is 6.23. The van der Waals surface area contributed by atoms with E-state index < -0.39 is 36.9 Å². The van der Waals surface area contributed by atoms with Crippen LogP contribution in [0.15, 0.2) is 24.3 Å². The molecule has 1 heterocycles. The van der Waals surface area contributed by atoms with Crippen LogP contribution in [0.2, 0.25) is 0 Å². The summed E-state index contributed by atoms with van der Waals surface area (Å²) in [7, 11) is 0. The number of nitrogens with zero attached hydrogens (tertiary/aromatic N) is 2. The summed E-state index contributed by atoms with van der Waals surface area (Å²) in [4.78, 5) is 11.5. The number of ether oxygens (including phenoxy) is 1. The molecular formula is C11H13F3N2O2. The molecular weight excluding hydrogens is 249 g/mol. The van der Waals surface area contributed by atoms with Crippen LogP contribution in [0.3, 0.4) is 0 Å². The average molecular weight is 262 g/mol. The van der Waals surface area contributed by atoms with Crippen molar-refractivity contribution >= 4 is 5.97 Å². The summed E-state index contributed by atoms with van der Waals surface area (Å²) in [6, 6.07) is -0.680. The molecule has 0 fully saturated rings. The van der Waals surface area contributed by atoms with E-state index in [1.54, 1.807) is 19.3 Å². The van der Waals surface area contributed by atoms with Gasteiger partial charge in [0.05, 0.1) is 12.8 Å². The summed E-state index contributed by atoms with van der Waals surface area (Å²) in [5.74, 6) is -2.21. The molecule has 0 aliphatic heterocycles. The van der Waals surface area contributed by atoms with Crippen molar-refractivity contribution in [1.29, 1.82) is 0 Å². The molecule has 0 aromatic carbocycles. The highest BCUT2D eigenvalue weighted by molar-refractivity contribution is 5.73. The van der Waals surface area contributed by atoms with E-state index in [0.29, 0.717) is 0 Å². The van der Waals surface area contributed by atoms with E-state index in [-0.39, 0.29) is 0 Å². The lowest BCUT2D eigenvalue weighted by atomic mass is 10.3. The minimum atomic E-state index is -2.39. The van der Waals surface area contributed by atoms with E-state index in [1.807, 2.05) is 6.92 Å². The van der Waals surface area contributed by atoms with Crippen molar-refractivity contribution in [3.05, 3.63) is 29.9 Å². The molecule has 0 radical (unpaired) electrons. The summed E-state index contributed by atoms with van der Waals surface area (Å²) in [6.45, 7) is 2.94. The molecule has 0 aliphatic carbocycles. The Bertz CT molecular complexity index is 453. The lowest BCUT2D eigenvalue weighted by Gasteiger charge is -2.11. The molecule has 0 aliphatic rings. The number of carbonyl (C=O) groups is 1. The van der Waals surface area contributed by atoms with Gasteiger partial charge in [-0.05, 0) is 19.4 Å². The minimum absolute atomic E-state index is 0.424. The Kier molecular flexibility index (Phi) is 4.94. The number of aryl methyl sites for hydroxylation is 1. The molecule has 7 heteroatoms. The number of hydrogen-bond acceptors (Lipinski definition) is 3. The van der Waals surface area contributed by atoms with Crippen molar-refractivity contribution in [3.63, 3.8) is 0 Å². The minimum Gasteiger partial charge on any atom is -0.464 e. The van der Waals surface area contributed by atoms with Gasteiger partial charge in [0, 0.05) is 12.6 Å². The average Bonchev–Trinajstić information content (AvgIpc) is 2.74. The third-order valence-corrected chi connectivity index (χ3v) is 2.24. The van der Waals surface area contributed by atoms with Crippen molar-refractivity contribution < 1.29 is 22.7 Å². The smallest absolute Gasteiger partial charge is 0.330 e. The molecule has 1 aromatic rings. The number of hydrogen-bond donors (Lipinski definition) is 0. The van der Waals surface area contributed by atoms with Crippen LogP contribution in [-0.4, -0.2) is 22.4 Å². The molecule has 0 saturated heterocycles. The second-order valence-electron chi connectivity index (χ2n) is 3.76. The van der Waals surface area contributed by atoms with Crippen LogP contribution in [0.1, 0.15) is 24.9 Å². The van der Waals surface area contributed by atoms with E-state index in [2.05, 4.69) is 9.84 Å². The maximum atomic E-state index is 12.4. The number of halogens is 3. The Morgan fingerprint density at radius 3 is 2.67 bits per heavy atom. The van der Waals surface area contributed by atoms with Crippen molar-refractivity contribution in [1.82, 2.24) is 9.78 Å². The van der Waals surface area contributed by atoms with Gasteiger partial charge in [0.25, 0.3) is 0 Å². The van der Waals surface area contributed by atoms with Gasteiger partial charge in [-0.2, -0.15) is 13.9 Å². The molecule has 0 amide bonds. The molecule has 0 N–H and O–H groups in total. The number of rotatable bonds is 5. The quantitative estimate of drug-likeness (QED) is 0.766. The topological polar surface area (TPSA) is 44.1 Å². The normalized spacial score (nSPS) is 12.1. The zero-order valence-electron chi connectivity index (χ0n) is 9.99. The number of aromatic nitrogens is 2. The maximum Gasteiger partial charge on any atom is 0.330 e. The van der Waals surface area contributed by atoms with Crippen molar-refractivity contribution in [3.8, 4) is 0 Å². The molecule has 0 saturated carbocycles. The van der Waals surface area contributed by atoms with Gasteiger partial charge in [-0.25, -0.2) is 9.18 Å². The first-order valence-electron chi connectivity index (χ1n) is 5.29. The third kappa shape index (κ3) is 3.90. The summed E-state index contributed by atoms with van der Waals surface area (Å²) < 4.78 is 42.0. The SMILES string of the molecule is Cc1cnn(C(C)C(=O)OCCC(F)=C(F)F)c1. The van der Waals surface area contributed by atoms with Gasteiger partial charge < -0.3 is 4.74 Å². The first-order chi connectivity index (χ1) is 8.41. The molecule has 1 rings (SSSR count). The maximum absolute atomic E-state index is 12.4. The van der Waals surface area contributed by atoms with E-state index in [1.165, 1.54) is 4.68 Å². The standard InChI is InChI=1S/C11H13F3N2O2/c1-7-5-15-16(6-7)8(2)11(17)18-4-3-9(12)10(13)14/h5-6,8H,3-4H2,1-2H3. The van der Waals surface area contributed by atoms with Gasteiger partial charge in [0.2, 0.25) is 0 Å². The first kappa shape index (κ1) is 14.3. The van der Waals surface area contributed by atoms with Crippen LogP contribution < -0.4 is 0 Å². The van der Waals surface area contributed by atoms with Crippen LogP contribution in [0, 0.1) is 6.92 Å². The Morgan fingerprint density at radius 2 is 2.17 bits per heavy atom. The summed E-state index contributed by atoms with van der Waals surface area (Å²) in [6.07, 6.45) is 0.207. The third-order valence-electron chi connectivity index (χ3n) is 2.24. The van der Waals surface area contributed by atoms with Gasteiger partial charge in [-0.15, -0.1) is 0 Å². The fourth-order valence-electron chi connectivity index (χ4n) is 1.21. The Balaban J connectivity index is 2.44. The first-order valence-corrected chi connectivity index (χ1v) is 5.29. The predicted molar refractivity (Wildman–Crippen MR) is 57.6 cm³/mol. The fraction of sp³-hybridized carbons (Fsp3) is 0.455. The van der Waals surface area contributed by atoms with Gasteiger partial charge in [0.15, 0.2) is 5.83 Å². The highest BCUT2D eigenvalue weighted by Crippen LogP contribution is 2.14. The van der Waals surface area contributed by atoms with Gasteiger partial charge in [-0.1, -0.05) is 0 Å². The second-order valence-corrected chi connectivity index (χ2v) is 3.76. The summed E-state index contributed by atoms with van der Waals surface area (Å²) in [5, 5.41) is 3.92. The zero-order valence-corrected chi connectivity index (χ0v) is 9.99. The molecule has 1 aromatic heterocycles. The van der Waals surface area contributed by atoms with E-state index in [9.17, 15) is 18.0 Å². The van der Waals surface area contributed by atoms with Crippen LogP contribution >= 0.6 is 0 Å². The van der Waals surface area contributed by atoms with Gasteiger partial charge in [0.1, 0.15) is 6.04 Å². The predicted octanol–water partition coefficient (Wildman–Crippen LogP) is 2.76. The lowest BCUT2D eigenvalue weighted by molar-refractivity contribution is -0.147. The summed E-state index contributed by atoms with van der Waals surface area (Å²) in [5.41, 5.74) is 0.878. The molecule has 18 heavy (non-hydrogen) atoms. The number of carbonyl (C=O) groups excluding carboxylic acids is 1. The van der Waals surface area contributed by atoms with Gasteiger partial charge in [-0.3, -0.25) is 4.68 Å². The lowest BCUT2D eigenvalue weighted by Crippen LogP contribution is -2.20. The monoisotopic (exact) mass is 262 g/mol. The molecule has 1 atom stereocenters. The van der Waals surface area contributed by atoms with Crippen LogP contribution in [0.25, 0.3) is 0 Å². The van der Waals surface area contributed by atoms with Crippen molar-refractivity contribution in [2.24, 2.45) is 0 Å². The van der Waals surface area contributed by atoms with Crippen molar-refractivity contribution in [2.45, 2.75) is 26.3 Å². The summed E-state index contributed by atoms with van der Waals surface area (Å²) >= 11 is 0. The Labute approximate surface area is 102 Å².